The van der Waals surface area contributed by atoms with Gasteiger partial charge in [0.2, 0.25) is 10.0 Å². The summed E-state index contributed by atoms with van der Waals surface area (Å²) >= 11 is 0. The molecule has 0 bridgehead atoms. The molecule has 1 aromatic rings. The fourth-order valence-electron chi connectivity index (χ4n) is 1.22. The molecule has 0 heterocycles. The van der Waals surface area contributed by atoms with Crippen LogP contribution < -0.4 is 10.5 Å². The summed E-state index contributed by atoms with van der Waals surface area (Å²) in [5, 5.41) is 0. The number of carbonyl (C=O) groups is 1. The lowest BCUT2D eigenvalue weighted by atomic mass is 10.2. The van der Waals surface area contributed by atoms with E-state index in [2.05, 4.69) is 9.46 Å². The molecule has 0 amide bonds. The zero-order valence-corrected chi connectivity index (χ0v) is 10.4. The fraction of sp³-hybridized carbons (Fsp3) is 0.300. The van der Waals surface area contributed by atoms with Crippen molar-refractivity contribution in [1.29, 1.82) is 0 Å². The number of esters is 1. The summed E-state index contributed by atoms with van der Waals surface area (Å²) < 4.78 is 30.0. The first kappa shape index (κ1) is 13.5. The quantitative estimate of drug-likeness (QED) is 0.586. The van der Waals surface area contributed by atoms with Crippen LogP contribution in [0.3, 0.4) is 0 Å². The van der Waals surface area contributed by atoms with Gasteiger partial charge in [-0.25, -0.2) is 8.42 Å². The topological polar surface area (TPSA) is 98.5 Å². The lowest BCUT2D eigenvalue weighted by molar-refractivity contribution is -0.139. The molecule has 1 rings (SSSR count). The predicted octanol–water partition coefficient (Wildman–Crippen LogP) is 0.0285. The minimum absolute atomic E-state index is 0.0491. The molecule has 6 nitrogen and oxygen atoms in total. The van der Waals surface area contributed by atoms with E-state index in [1.54, 1.807) is 19.1 Å². The molecule has 0 atom stereocenters. The molecule has 0 saturated heterocycles. The molecule has 0 aliphatic carbocycles. The first-order valence-corrected chi connectivity index (χ1v) is 6.28. The number of ether oxygens (including phenoxy) is 1. The third-order valence-electron chi connectivity index (χ3n) is 2.09. The highest BCUT2D eigenvalue weighted by atomic mass is 32.2. The van der Waals surface area contributed by atoms with Crippen LogP contribution in [0, 0.1) is 6.92 Å². The van der Waals surface area contributed by atoms with Crippen molar-refractivity contribution in [2.24, 2.45) is 0 Å². The summed E-state index contributed by atoms with van der Waals surface area (Å²) in [6, 6.07) is 4.57. The van der Waals surface area contributed by atoms with Crippen molar-refractivity contribution in [3.05, 3.63) is 23.8 Å². The largest absolute Gasteiger partial charge is 0.468 e. The third-order valence-corrected chi connectivity index (χ3v) is 3.56. The van der Waals surface area contributed by atoms with Crippen molar-refractivity contribution in [1.82, 2.24) is 4.72 Å². The highest BCUT2D eigenvalue weighted by Crippen LogP contribution is 2.18. The van der Waals surface area contributed by atoms with Crippen LogP contribution in [-0.4, -0.2) is 28.0 Å². The number of hydrogen-bond acceptors (Lipinski definition) is 5. The number of carbonyl (C=O) groups excluding carboxylic acids is 1. The Morgan fingerprint density at radius 1 is 1.47 bits per heavy atom. The van der Waals surface area contributed by atoms with Crippen LogP contribution in [0.15, 0.2) is 23.1 Å². The molecule has 3 N–H and O–H groups in total. The summed E-state index contributed by atoms with van der Waals surface area (Å²) in [6.07, 6.45) is 0. The molecule has 0 fully saturated rings. The number of benzene rings is 1. The van der Waals surface area contributed by atoms with Gasteiger partial charge >= 0.3 is 5.97 Å². The summed E-state index contributed by atoms with van der Waals surface area (Å²) in [6.45, 7) is 1.38. The number of anilines is 1. The Bertz CT molecular complexity index is 525. The van der Waals surface area contributed by atoms with Crippen molar-refractivity contribution in [2.45, 2.75) is 11.8 Å². The number of nitrogens with one attached hydrogen (secondary N) is 1. The standard InChI is InChI=1S/C10H14N2O4S/c1-7-3-4-9(8(11)5-7)17(14,15)12-6-10(13)16-2/h3-5,12H,6,11H2,1-2H3. The molecule has 94 valence electrons. The number of aryl methyl sites for hydroxylation is 1. The molecule has 0 radical (unpaired) electrons. The lowest BCUT2D eigenvalue weighted by Gasteiger charge is -2.08. The summed E-state index contributed by atoms with van der Waals surface area (Å²) in [5.41, 5.74) is 6.61. The summed E-state index contributed by atoms with van der Waals surface area (Å²) in [4.78, 5) is 10.8. The molecular formula is C10H14N2O4S. The van der Waals surface area contributed by atoms with E-state index >= 15 is 0 Å². The van der Waals surface area contributed by atoms with Crippen LogP contribution in [0.2, 0.25) is 0 Å². The van der Waals surface area contributed by atoms with Gasteiger partial charge in [0.25, 0.3) is 0 Å². The Labute approximate surface area is 99.8 Å². The Hall–Kier alpha value is -1.60. The lowest BCUT2D eigenvalue weighted by Crippen LogP contribution is -2.30. The molecule has 7 heteroatoms. The zero-order chi connectivity index (χ0) is 13.1. The zero-order valence-electron chi connectivity index (χ0n) is 9.56. The second-order valence-electron chi connectivity index (χ2n) is 3.44. The van der Waals surface area contributed by atoms with Gasteiger partial charge < -0.3 is 10.5 Å². The van der Waals surface area contributed by atoms with E-state index in [9.17, 15) is 13.2 Å². The van der Waals surface area contributed by atoms with Gasteiger partial charge in [0.1, 0.15) is 11.4 Å². The maximum atomic E-state index is 11.8. The average Bonchev–Trinajstić information content (AvgIpc) is 2.25. The molecule has 0 saturated carbocycles. The smallest absolute Gasteiger partial charge is 0.320 e. The maximum absolute atomic E-state index is 11.8. The molecule has 0 aliphatic heterocycles. The van der Waals surface area contributed by atoms with E-state index in [1.165, 1.54) is 13.2 Å². The average molecular weight is 258 g/mol. The molecule has 0 unspecified atom stereocenters. The highest BCUT2D eigenvalue weighted by molar-refractivity contribution is 7.89. The number of nitrogen functional groups attached to an aromatic ring is 1. The monoisotopic (exact) mass is 258 g/mol. The Kier molecular flexibility index (Phi) is 4.08. The van der Waals surface area contributed by atoms with Crippen LogP contribution in [0.4, 0.5) is 5.69 Å². The van der Waals surface area contributed by atoms with E-state index in [4.69, 9.17) is 5.73 Å². The van der Waals surface area contributed by atoms with Crippen LogP contribution in [0.1, 0.15) is 5.56 Å². The van der Waals surface area contributed by atoms with E-state index in [-0.39, 0.29) is 10.6 Å². The van der Waals surface area contributed by atoms with Crippen molar-refractivity contribution < 1.29 is 17.9 Å². The number of sulfonamides is 1. The van der Waals surface area contributed by atoms with E-state index in [0.717, 1.165) is 5.56 Å². The van der Waals surface area contributed by atoms with Crippen molar-refractivity contribution >= 4 is 21.7 Å². The molecular weight excluding hydrogens is 244 g/mol. The van der Waals surface area contributed by atoms with Gasteiger partial charge in [0.05, 0.1) is 12.8 Å². The molecule has 0 spiro atoms. The number of hydrogen-bond donors (Lipinski definition) is 2. The fourth-order valence-corrected chi connectivity index (χ4v) is 2.30. The summed E-state index contributed by atoms with van der Waals surface area (Å²) in [7, 11) is -2.61. The molecule has 0 aliphatic rings. The first-order chi connectivity index (χ1) is 7.86. The van der Waals surface area contributed by atoms with E-state index in [0.29, 0.717) is 0 Å². The normalized spacial score (nSPS) is 11.2. The van der Waals surface area contributed by atoms with Gasteiger partial charge in [-0.05, 0) is 24.6 Å². The van der Waals surface area contributed by atoms with Crippen LogP contribution in [0.5, 0.6) is 0 Å². The van der Waals surface area contributed by atoms with Crippen molar-refractivity contribution in [2.75, 3.05) is 19.4 Å². The second kappa shape index (κ2) is 5.15. The number of methoxy groups -OCH3 is 1. The van der Waals surface area contributed by atoms with Gasteiger partial charge in [-0.2, -0.15) is 4.72 Å². The summed E-state index contributed by atoms with van der Waals surface area (Å²) in [5.74, 6) is -0.667. The number of nitrogens with two attached hydrogens (primary N) is 1. The van der Waals surface area contributed by atoms with Gasteiger partial charge in [-0.1, -0.05) is 6.07 Å². The molecule has 0 aromatic heterocycles. The third kappa shape index (κ3) is 3.43. The number of rotatable bonds is 4. The Morgan fingerprint density at radius 3 is 2.65 bits per heavy atom. The van der Waals surface area contributed by atoms with Gasteiger partial charge in [0.15, 0.2) is 0 Å². The van der Waals surface area contributed by atoms with Gasteiger partial charge in [-0.3, -0.25) is 4.79 Å². The van der Waals surface area contributed by atoms with Crippen molar-refractivity contribution in [3.63, 3.8) is 0 Å². The SMILES string of the molecule is COC(=O)CNS(=O)(=O)c1ccc(C)cc1N. The van der Waals surface area contributed by atoms with Crippen molar-refractivity contribution in [3.8, 4) is 0 Å². The highest BCUT2D eigenvalue weighted by Gasteiger charge is 2.18. The van der Waals surface area contributed by atoms with Crippen LogP contribution in [0.25, 0.3) is 0 Å². The Balaban J connectivity index is 2.94. The predicted molar refractivity (Wildman–Crippen MR) is 62.8 cm³/mol. The van der Waals surface area contributed by atoms with Crippen LogP contribution in [-0.2, 0) is 19.6 Å². The van der Waals surface area contributed by atoms with Gasteiger partial charge in [0, 0.05) is 0 Å². The Morgan fingerprint density at radius 2 is 2.12 bits per heavy atom. The maximum Gasteiger partial charge on any atom is 0.320 e. The first-order valence-electron chi connectivity index (χ1n) is 4.79. The van der Waals surface area contributed by atoms with E-state index in [1.807, 2.05) is 0 Å². The molecule has 1 aromatic carbocycles. The molecule has 17 heavy (non-hydrogen) atoms. The van der Waals surface area contributed by atoms with Gasteiger partial charge in [-0.15, -0.1) is 0 Å². The minimum Gasteiger partial charge on any atom is -0.468 e. The second-order valence-corrected chi connectivity index (χ2v) is 5.18. The van der Waals surface area contributed by atoms with Crippen LogP contribution >= 0.6 is 0 Å². The minimum atomic E-state index is -3.79. The van der Waals surface area contributed by atoms with E-state index < -0.39 is 22.5 Å².